The summed E-state index contributed by atoms with van der Waals surface area (Å²) in [5.74, 6) is -2.45. The van der Waals surface area contributed by atoms with Crippen molar-refractivity contribution in [3.05, 3.63) is 29.8 Å². The van der Waals surface area contributed by atoms with E-state index in [9.17, 15) is 40.3 Å². The van der Waals surface area contributed by atoms with E-state index in [2.05, 4.69) is 5.32 Å². The molecule has 7 atom stereocenters. The van der Waals surface area contributed by atoms with Gasteiger partial charge in [0.15, 0.2) is 6.23 Å². The fraction of sp³-hybridized carbons (Fsp3) is 0.529. The van der Waals surface area contributed by atoms with Crippen LogP contribution in [0.5, 0.6) is 5.75 Å². The first-order chi connectivity index (χ1) is 13.6. The lowest BCUT2D eigenvalue weighted by atomic mass is 9.81. The Morgan fingerprint density at radius 1 is 1.28 bits per heavy atom. The van der Waals surface area contributed by atoms with Crippen LogP contribution in [0.4, 0.5) is 0 Å². The van der Waals surface area contributed by atoms with Crippen molar-refractivity contribution in [2.75, 3.05) is 6.61 Å². The molecule has 0 aliphatic carbocycles. The first-order valence-corrected chi connectivity index (χ1v) is 8.80. The molecule has 2 fully saturated rings. The van der Waals surface area contributed by atoms with E-state index in [4.69, 9.17) is 10.5 Å². The van der Waals surface area contributed by atoms with E-state index in [-0.39, 0.29) is 17.2 Å². The van der Waals surface area contributed by atoms with Crippen molar-refractivity contribution in [2.24, 2.45) is 5.73 Å². The van der Waals surface area contributed by atoms with Gasteiger partial charge in [0.05, 0.1) is 18.7 Å². The number of rotatable bonds is 6. The Morgan fingerprint density at radius 2 is 1.90 bits per heavy atom. The van der Waals surface area contributed by atoms with Gasteiger partial charge < -0.3 is 46.5 Å². The number of aliphatic hydroxyl groups excluding tert-OH is 2. The van der Waals surface area contributed by atoms with E-state index in [1.54, 1.807) is 12.1 Å². The van der Waals surface area contributed by atoms with Gasteiger partial charge in [-0.05, 0) is 24.1 Å². The summed E-state index contributed by atoms with van der Waals surface area (Å²) in [5, 5.41) is 62.4. The van der Waals surface area contributed by atoms with Crippen molar-refractivity contribution in [3.63, 3.8) is 0 Å². The van der Waals surface area contributed by atoms with Crippen molar-refractivity contribution in [1.82, 2.24) is 10.4 Å². The van der Waals surface area contributed by atoms with Gasteiger partial charge in [0.2, 0.25) is 5.91 Å². The summed E-state index contributed by atoms with van der Waals surface area (Å²) in [5.41, 5.74) is 4.24. The van der Waals surface area contributed by atoms with Crippen molar-refractivity contribution in [3.8, 4) is 5.75 Å². The minimum atomic E-state index is -2.21. The van der Waals surface area contributed by atoms with Crippen LogP contribution in [0, 0.1) is 0 Å². The molecule has 9 N–H and O–H groups in total. The number of carboxylic acid groups (broad SMARTS) is 1. The lowest BCUT2D eigenvalue weighted by Crippen LogP contribution is -2.74. The van der Waals surface area contributed by atoms with Crippen LogP contribution in [0.2, 0.25) is 0 Å². The van der Waals surface area contributed by atoms with Crippen LogP contribution in [-0.4, -0.2) is 96.4 Å². The number of aromatic hydroxyl groups is 1. The van der Waals surface area contributed by atoms with Crippen LogP contribution in [0.15, 0.2) is 24.3 Å². The number of benzene rings is 1. The highest BCUT2D eigenvalue weighted by molar-refractivity contribution is 5.87. The number of piperidine rings is 1. The predicted molar refractivity (Wildman–Crippen MR) is 93.5 cm³/mol. The number of amides is 1. The minimum absolute atomic E-state index is 0.0307. The second kappa shape index (κ2) is 7.84. The number of carboxylic acids is 1. The zero-order chi connectivity index (χ0) is 21.5. The van der Waals surface area contributed by atoms with E-state index < -0.39 is 60.6 Å². The molecule has 0 unspecified atom stereocenters. The number of nitrogens with one attached hydrogen (secondary N) is 1. The molecule has 2 heterocycles. The molecule has 12 nitrogen and oxygen atoms in total. The zero-order valence-corrected chi connectivity index (χ0v) is 15.1. The van der Waals surface area contributed by atoms with Crippen LogP contribution in [0.3, 0.4) is 0 Å². The lowest BCUT2D eigenvalue weighted by molar-refractivity contribution is -0.298. The Labute approximate surface area is 164 Å². The molecule has 29 heavy (non-hydrogen) atoms. The quantitative estimate of drug-likeness (QED) is 0.232. The van der Waals surface area contributed by atoms with Gasteiger partial charge >= 0.3 is 5.97 Å². The van der Waals surface area contributed by atoms with Gasteiger partial charge in [-0.2, -0.15) is 5.06 Å². The number of fused-ring (bicyclic) bond motifs is 2. The summed E-state index contributed by atoms with van der Waals surface area (Å²) in [4.78, 5) is 24.2. The van der Waals surface area contributed by atoms with Gasteiger partial charge in [-0.25, -0.2) is 4.79 Å². The molecule has 2 aliphatic heterocycles. The first-order valence-electron chi connectivity index (χ1n) is 8.80. The number of hydroxylamine groups is 2. The summed E-state index contributed by atoms with van der Waals surface area (Å²) in [6.45, 7) is -0.534. The number of carbonyl (C=O) groups excluding carboxylic acids is 1. The molecular formula is C17H23N3O9. The van der Waals surface area contributed by atoms with Gasteiger partial charge in [-0.3, -0.25) is 4.79 Å². The van der Waals surface area contributed by atoms with Gasteiger partial charge in [0.25, 0.3) is 0 Å². The van der Waals surface area contributed by atoms with E-state index in [0.717, 1.165) is 0 Å². The van der Waals surface area contributed by atoms with Crippen LogP contribution in [0.1, 0.15) is 5.56 Å². The number of hydrogen-bond donors (Lipinski definition) is 8. The summed E-state index contributed by atoms with van der Waals surface area (Å²) in [6.07, 6.45) is -5.07. The third kappa shape index (κ3) is 3.79. The molecule has 160 valence electrons. The SMILES string of the molecule is N[C@@H](Cc1ccc(O)cc1)C(=O)N[C@H](C(=O)O)[C@H]1[C@H](O)[C@]2(O)CO[C@@H]([C@H]2O)N1O. The summed E-state index contributed by atoms with van der Waals surface area (Å²) in [7, 11) is 0. The van der Waals surface area contributed by atoms with Gasteiger partial charge in [0, 0.05) is 0 Å². The number of phenols is 1. The summed E-state index contributed by atoms with van der Waals surface area (Å²) < 4.78 is 5.04. The Balaban J connectivity index is 1.75. The van der Waals surface area contributed by atoms with Crippen molar-refractivity contribution in [1.29, 1.82) is 0 Å². The fourth-order valence-corrected chi connectivity index (χ4v) is 3.60. The summed E-state index contributed by atoms with van der Waals surface area (Å²) >= 11 is 0. The number of phenolic OH excluding ortho intramolecular Hbond substituents is 1. The molecule has 1 amide bonds. The van der Waals surface area contributed by atoms with E-state index in [1.165, 1.54) is 12.1 Å². The number of nitrogens with zero attached hydrogens (tertiary/aromatic N) is 1. The van der Waals surface area contributed by atoms with Gasteiger partial charge in [0.1, 0.15) is 29.6 Å². The van der Waals surface area contributed by atoms with Crippen LogP contribution >= 0.6 is 0 Å². The molecule has 0 saturated carbocycles. The predicted octanol–water partition coefficient (Wildman–Crippen LogP) is -3.29. The number of ether oxygens (including phenoxy) is 1. The Bertz CT molecular complexity index is 776. The van der Waals surface area contributed by atoms with E-state index in [0.29, 0.717) is 5.56 Å². The lowest BCUT2D eigenvalue weighted by Gasteiger charge is -2.46. The van der Waals surface area contributed by atoms with Gasteiger partial charge in [-0.15, -0.1) is 0 Å². The highest BCUT2D eigenvalue weighted by Gasteiger charge is 2.65. The average Bonchev–Trinajstić information content (AvgIpc) is 2.93. The third-order valence-electron chi connectivity index (χ3n) is 5.30. The Morgan fingerprint density at radius 3 is 2.48 bits per heavy atom. The Hall–Kier alpha value is -2.32. The molecule has 0 aromatic heterocycles. The average molecular weight is 413 g/mol. The maximum absolute atomic E-state index is 12.4. The summed E-state index contributed by atoms with van der Waals surface area (Å²) in [6, 6.07) is 1.16. The fourth-order valence-electron chi connectivity index (χ4n) is 3.60. The number of nitrogens with two attached hydrogens (primary N) is 1. The molecule has 1 aromatic carbocycles. The monoisotopic (exact) mass is 413 g/mol. The molecular weight excluding hydrogens is 390 g/mol. The minimum Gasteiger partial charge on any atom is -0.508 e. The highest BCUT2D eigenvalue weighted by Crippen LogP contribution is 2.38. The molecule has 0 radical (unpaired) electrons. The van der Waals surface area contributed by atoms with Crippen molar-refractivity contribution in [2.45, 2.75) is 48.6 Å². The standard InChI is InChI=1S/C17H23N3O9/c18-9(5-7-1-3-8(21)4-2-7)14(24)19-10(16(25)26)11-12(22)17(27)6-29-15(13(17)23)20(11)28/h1-4,9-13,15,21-23,27-28H,5-6,18H2,(H,19,24)(H,25,26)/t9-,10-,11-,12-,13+,15-,17+/m0/s1. The molecule has 0 spiro atoms. The van der Waals surface area contributed by atoms with Gasteiger partial charge in [-0.1, -0.05) is 12.1 Å². The molecule has 2 bridgehead atoms. The van der Waals surface area contributed by atoms with Crippen molar-refractivity contribution >= 4 is 11.9 Å². The second-order valence-electron chi connectivity index (χ2n) is 7.25. The molecule has 3 rings (SSSR count). The van der Waals surface area contributed by atoms with E-state index >= 15 is 0 Å². The normalized spacial score (nSPS) is 33.8. The first kappa shape index (κ1) is 21.4. The number of aliphatic hydroxyl groups is 3. The highest BCUT2D eigenvalue weighted by atomic mass is 16.6. The topological polar surface area (TPSA) is 206 Å². The number of aliphatic carboxylic acids is 1. The third-order valence-corrected chi connectivity index (χ3v) is 5.30. The number of hydrogen-bond acceptors (Lipinski definition) is 10. The maximum atomic E-state index is 12.4. The maximum Gasteiger partial charge on any atom is 0.328 e. The Kier molecular flexibility index (Phi) is 5.78. The molecule has 2 aliphatic rings. The smallest absolute Gasteiger partial charge is 0.328 e. The zero-order valence-electron chi connectivity index (χ0n) is 15.1. The van der Waals surface area contributed by atoms with E-state index in [1.807, 2.05) is 0 Å². The van der Waals surface area contributed by atoms with Crippen LogP contribution in [0.25, 0.3) is 0 Å². The van der Waals surface area contributed by atoms with Crippen molar-refractivity contribution < 1.29 is 45.1 Å². The number of carbonyl (C=O) groups is 2. The molecule has 1 aromatic rings. The molecule has 2 saturated heterocycles. The van der Waals surface area contributed by atoms with Crippen LogP contribution < -0.4 is 11.1 Å². The largest absolute Gasteiger partial charge is 0.508 e. The van der Waals surface area contributed by atoms with Crippen LogP contribution in [-0.2, 0) is 20.7 Å². The second-order valence-corrected chi connectivity index (χ2v) is 7.25. The molecule has 12 heteroatoms.